The minimum Gasteiger partial charge on any atom is -0.446 e. The molecular formula is C21H19IN4O2. The fourth-order valence-corrected chi connectivity index (χ4v) is 3.71. The second-order valence-electron chi connectivity index (χ2n) is 6.55. The first-order valence-electron chi connectivity index (χ1n) is 8.89. The summed E-state index contributed by atoms with van der Waals surface area (Å²) in [6.07, 6.45) is 3.87. The summed E-state index contributed by atoms with van der Waals surface area (Å²) in [6, 6.07) is 15.6. The molecule has 0 aliphatic heterocycles. The van der Waals surface area contributed by atoms with Crippen LogP contribution in [-0.2, 0) is 13.0 Å². The molecule has 0 aliphatic rings. The highest BCUT2D eigenvalue weighted by atomic mass is 127. The van der Waals surface area contributed by atoms with Crippen molar-refractivity contribution in [2.24, 2.45) is 5.73 Å². The van der Waals surface area contributed by atoms with Crippen LogP contribution in [0.15, 0.2) is 65.4 Å². The van der Waals surface area contributed by atoms with Gasteiger partial charge in [-0.15, -0.1) is 0 Å². The number of aromatic nitrogens is 2. The number of carbonyl (C=O) groups excluding carboxylic acids is 1. The molecule has 0 radical (unpaired) electrons. The van der Waals surface area contributed by atoms with E-state index in [1.54, 1.807) is 0 Å². The molecule has 28 heavy (non-hydrogen) atoms. The Bertz CT molecular complexity index is 1120. The highest BCUT2D eigenvalue weighted by molar-refractivity contribution is 14.1. The van der Waals surface area contributed by atoms with E-state index in [4.69, 9.17) is 10.2 Å². The van der Waals surface area contributed by atoms with Crippen LogP contribution in [0.2, 0.25) is 0 Å². The van der Waals surface area contributed by atoms with Crippen molar-refractivity contribution in [3.8, 4) is 0 Å². The molecule has 4 N–H and O–H groups in total. The van der Waals surface area contributed by atoms with Crippen molar-refractivity contribution in [3.63, 3.8) is 0 Å². The van der Waals surface area contributed by atoms with Gasteiger partial charge in [-0.1, -0.05) is 30.3 Å². The van der Waals surface area contributed by atoms with Gasteiger partial charge < -0.3 is 20.5 Å². The molecule has 1 unspecified atom stereocenters. The molecule has 2 heterocycles. The number of nitrogens with zero attached hydrogens (tertiary/aromatic N) is 1. The van der Waals surface area contributed by atoms with Crippen molar-refractivity contribution < 1.29 is 9.21 Å². The molecule has 7 heteroatoms. The number of para-hydroxylation sites is 1. The van der Waals surface area contributed by atoms with Gasteiger partial charge in [-0.25, -0.2) is 4.98 Å². The highest BCUT2D eigenvalue weighted by Crippen LogP contribution is 2.23. The Hall–Kier alpha value is -2.65. The topological polar surface area (TPSA) is 96.9 Å². The maximum Gasteiger partial charge on any atom is 0.273 e. The zero-order valence-electron chi connectivity index (χ0n) is 15.0. The number of hydrogen-bond acceptors (Lipinski definition) is 4. The monoisotopic (exact) mass is 486 g/mol. The van der Waals surface area contributed by atoms with Crippen LogP contribution in [0.3, 0.4) is 0 Å². The molecule has 4 aromatic rings. The van der Waals surface area contributed by atoms with Crippen molar-refractivity contribution >= 4 is 39.4 Å². The fraction of sp³-hybridized carbons (Fsp3) is 0.143. The molecule has 1 amide bonds. The van der Waals surface area contributed by atoms with Crippen molar-refractivity contribution in [2.45, 2.75) is 19.0 Å². The molecule has 142 valence electrons. The highest BCUT2D eigenvalue weighted by Gasteiger charge is 2.18. The maximum absolute atomic E-state index is 12.3. The van der Waals surface area contributed by atoms with Crippen LogP contribution in [0.4, 0.5) is 0 Å². The molecule has 0 bridgehead atoms. The van der Waals surface area contributed by atoms with Gasteiger partial charge in [0.1, 0.15) is 6.26 Å². The van der Waals surface area contributed by atoms with Crippen molar-refractivity contribution in [3.05, 3.63) is 87.3 Å². The summed E-state index contributed by atoms with van der Waals surface area (Å²) in [4.78, 5) is 19.9. The Morgan fingerprint density at radius 3 is 2.96 bits per heavy atom. The average molecular weight is 486 g/mol. The third-order valence-corrected chi connectivity index (χ3v) is 5.20. The minimum atomic E-state index is -0.434. The number of oxazole rings is 1. The number of hydrogen-bond donors (Lipinski definition) is 3. The summed E-state index contributed by atoms with van der Waals surface area (Å²) in [6.45, 7) is 0.430. The first-order chi connectivity index (χ1) is 13.6. The van der Waals surface area contributed by atoms with Gasteiger partial charge in [0.15, 0.2) is 5.69 Å². The largest absolute Gasteiger partial charge is 0.446 e. The summed E-state index contributed by atoms with van der Waals surface area (Å²) in [7, 11) is 0. The SMILES string of the molecule is NC(Cc1c[nH]c2ccccc12)c1nc(C(=O)NCc2cccc(I)c2)co1. The molecule has 4 rings (SSSR count). The lowest BCUT2D eigenvalue weighted by Gasteiger charge is -2.06. The van der Waals surface area contributed by atoms with Gasteiger partial charge in [0.25, 0.3) is 5.91 Å². The van der Waals surface area contributed by atoms with Gasteiger partial charge in [-0.05, 0) is 58.3 Å². The number of halogens is 1. The number of nitrogens with one attached hydrogen (secondary N) is 2. The molecule has 0 spiro atoms. The van der Waals surface area contributed by atoms with Crippen molar-refractivity contribution in [1.29, 1.82) is 0 Å². The van der Waals surface area contributed by atoms with Gasteiger partial charge in [-0.3, -0.25) is 4.79 Å². The third-order valence-electron chi connectivity index (χ3n) is 4.53. The molecule has 2 aromatic carbocycles. The van der Waals surface area contributed by atoms with Crippen molar-refractivity contribution in [2.75, 3.05) is 0 Å². The summed E-state index contributed by atoms with van der Waals surface area (Å²) in [5.74, 6) is 0.0675. The molecule has 0 saturated heterocycles. The average Bonchev–Trinajstić information content (AvgIpc) is 3.34. The van der Waals surface area contributed by atoms with Crippen LogP contribution in [0, 0.1) is 3.57 Å². The van der Waals surface area contributed by atoms with E-state index in [0.29, 0.717) is 18.9 Å². The summed E-state index contributed by atoms with van der Waals surface area (Å²) < 4.78 is 6.59. The number of benzene rings is 2. The summed E-state index contributed by atoms with van der Waals surface area (Å²) in [5.41, 5.74) is 9.68. The lowest BCUT2D eigenvalue weighted by Crippen LogP contribution is -2.23. The van der Waals surface area contributed by atoms with E-state index in [-0.39, 0.29) is 11.6 Å². The normalized spacial score (nSPS) is 12.2. The molecule has 6 nitrogen and oxygen atoms in total. The quantitative estimate of drug-likeness (QED) is 0.360. The van der Waals surface area contributed by atoms with Crippen LogP contribution in [-0.4, -0.2) is 15.9 Å². The zero-order valence-corrected chi connectivity index (χ0v) is 17.1. The lowest BCUT2D eigenvalue weighted by atomic mass is 10.1. The number of H-pyrrole nitrogens is 1. The number of carbonyl (C=O) groups is 1. The van der Waals surface area contributed by atoms with Crippen LogP contribution >= 0.6 is 22.6 Å². The van der Waals surface area contributed by atoms with Crippen molar-refractivity contribution in [1.82, 2.24) is 15.3 Å². The summed E-state index contributed by atoms with van der Waals surface area (Å²) >= 11 is 2.24. The minimum absolute atomic E-state index is 0.231. The van der Waals surface area contributed by atoms with E-state index < -0.39 is 6.04 Å². The number of rotatable bonds is 6. The molecule has 0 fully saturated rings. The number of amides is 1. The molecule has 0 aliphatic carbocycles. The van der Waals surface area contributed by atoms with Gasteiger partial charge in [-0.2, -0.15) is 0 Å². The predicted molar refractivity (Wildman–Crippen MR) is 116 cm³/mol. The van der Waals surface area contributed by atoms with Crippen LogP contribution in [0.5, 0.6) is 0 Å². The second-order valence-corrected chi connectivity index (χ2v) is 7.80. The standard InChI is InChI=1S/C21H19IN4O2/c22-15-5-3-4-13(8-15)10-25-20(27)19-12-28-21(26-19)17(23)9-14-11-24-18-7-2-1-6-16(14)18/h1-8,11-12,17,24H,9-10,23H2,(H,25,27). The van der Waals surface area contributed by atoms with Gasteiger partial charge in [0.05, 0.1) is 6.04 Å². The number of nitrogens with two attached hydrogens (primary N) is 1. The maximum atomic E-state index is 12.3. The Balaban J connectivity index is 1.41. The van der Waals surface area contributed by atoms with Gasteiger partial charge in [0, 0.05) is 27.2 Å². The molecule has 0 saturated carbocycles. The first kappa shape index (κ1) is 18.7. The van der Waals surface area contributed by atoms with E-state index in [0.717, 1.165) is 25.6 Å². The van der Waals surface area contributed by atoms with Crippen LogP contribution in [0.1, 0.15) is 33.5 Å². The Labute approximate surface area is 175 Å². The predicted octanol–water partition coefficient (Wildman–Crippen LogP) is 3.93. The lowest BCUT2D eigenvalue weighted by molar-refractivity contribution is 0.0946. The third kappa shape index (κ3) is 4.10. The Morgan fingerprint density at radius 2 is 2.11 bits per heavy atom. The van der Waals surface area contributed by atoms with E-state index in [2.05, 4.69) is 37.9 Å². The Kier molecular flexibility index (Phi) is 5.45. The molecule has 1 atom stereocenters. The first-order valence-corrected chi connectivity index (χ1v) is 9.96. The second kappa shape index (κ2) is 8.15. The smallest absolute Gasteiger partial charge is 0.273 e. The van der Waals surface area contributed by atoms with Gasteiger partial charge in [0.2, 0.25) is 5.89 Å². The number of fused-ring (bicyclic) bond motifs is 1. The van der Waals surface area contributed by atoms with E-state index in [9.17, 15) is 4.79 Å². The Morgan fingerprint density at radius 1 is 1.25 bits per heavy atom. The van der Waals surface area contributed by atoms with Gasteiger partial charge >= 0.3 is 0 Å². The molecular weight excluding hydrogens is 467 g/mol. The van der Waals surface area contributed by atoms with Crippen LogP contribution in [0.25, 0.3) is 10.9 Å². The van der Waals surface area contributed by atoms with Crippen LogP contribution < -0.4 is 11.1 Å². The fourth-order valence-electron chi connectivity index (χ4n) is 3.11. The number of aromatic amines is 1. The molecule has 2 aromatic heterocycles. The summed E-state index contributed by atoms with van der Waals surface area (Å²) in [5, 5.41) is 3.98. The van der Waals surface area contributed by atoms with E-state index in [1.165, 1.54) is 6.26 Å². The van der Waals surface area contributed by atoms with E-state index in [1.807, 2.05) is 54.7 Å². The zero-order chi connectivity index (χ0) is 19.5. The van der Waals surface area contributed by atoms with E-state index >= 15 is 0 Å².